The van der Waals surface area contributed by atoms with Crippen molar-refractivity contribution in [3.63, 3.8) is 0 Å². The highest BCUT2D eigenvalue weighted by atomic mass is 19.4. The molecule has 0 saturated carbocycles. The predicted molar refractivity (Wildman–Crippen MR) is 100 cm³/mol. The van der Waals surface area contributed by atoms with Crippen molar-refractivity contribution in [2.24, 2.45) is 5.73 Å². The van der Waals surface area contributed by atoms with E-state index < -0.39 is 12.2 Å². The van der Waals surface area contributed by atoms with Crippen LogP contribution in [0.3, 0.4) is 0 Å². The lowest BCUT2D eigenvalue weighted by atomic mass is 9.91. The molecular formula is C21H26F3N3. The summed E-state index contributed by atoms with van der Waals surface area (Å²) in [7, 11) is 0. The zero-order valence-corrected chi connectivity index (χ0v) is 15.8. The van der Waals surface area contributed by atoms with Crippen molar-refractivity contribution >= 4 is 0 Å². The maximum Gasteiger partial charge on any atom is 0.408 e. The van der Waals surface area contributed by atoms with Gasteiger partial charge in [-0.2, -0.15) is 18.4 Å². The number of hydrogen-bond acceptors (Lipinski definition) is 3. The Morgan fingerprint density at radius 1 is 1.30 bits per heavy atom. The average Bonchev–Trinajstić information content (AvgIpc) is 2.62. The number of hydrogen-bond donors (Lipinski definition) is 1. The molecule has 0 aromatic heterocycles. The highest BCUT2D eigenvalue weighted by molar-refractivity contribution is 5.48. The number of nitrogens with two attached hydrogens (primary N) is 1. The van der Waals surface area contributed by atoms with Gasteiger partial charge in [-0.15, -0.1) is 0 Å². The largest absolute Gasteiger partial charge is 0.408 e. The molecule has 1 heterocycles. The monoisotopic (exact) mass is 377 g/mol. The Morgan fingerprint density at radius 2 is 1.96 bits per heavy atom. The molecule has 0 fully saturated rings. The summed E-state index contributed by atoms with van der Waals surface area (Å²) in [6, 6.07) is 8.49. The van der Waals surface area contributed by atoms with Crippen molar-refractivity contribution in [1.82, 2.24) is 4.90 Å². The third-order valence-electron chi connectivity index (χ3n) is 4.93. The maximum atomic E-state index is 13.8. The lowest BCUT2D eigenvalue weighted by Gasteiger charge is -2.37. The Kier molecular flexibility index (Phi) is 7.09. The van der Waals surface area contributed by atoms with E-state index in [0.717, 1.165) is 24.0 Å². The molecule has 0 bridgehead atoms. The number of rotatable bonds is 6. The van der Waals surface area contributed by atoms with Crippen LogP contribution in [0.2, 0.25) is 0 Å². The second kappa shape index (κ2) is 9.09. The second-order valence-electron chi connectivity index (χ2n) is 6.95. The first kappa shape index (κ1) is 21.0. The molecule has 0 radical (unpaired) electrons. The molecule has 1 unspecified atom stereocenters. The van der Waals surface area contributed by atoms with E-state index in [2.05, 4.69) is 6.07 Å². The van der Waals surface area contributed by atoms with Gasteiger partial charge in [0.15, 0.2) is 0 Å². The molecule has 27 heavy (non-hydrogen) atoms. The van der Waals surface area contributed by atoms with Crippen LogP contribution in [0.25, 0.3) is 0 Å². The Balaban J connectivity index is 2.32. The van der Waals surface area contributed by atoms with Crippen molar-refractivity contribution in [2.75, 3.05) is 13.1 Å². The van der Waals surface area contributed by atoms with Gasteiger partial charge in [0.05, 0.1) is 5.57 Å². The number of allylic oxidation sites excluding steroid dienone is 2. The molecule has 1 aromatic rings. The minimum Gasteiger partial charge on any atom is -0.401 e. The third-order valence-corrected chi connectivity index (χ3v) is 4.93. The van der Waals surface area contributed by atoms with Crippen LogP contribution in [0.1, 0.15) is 51.1 Å². The van der Waals surface area contributed by atoms with Gasteiger partial charge in [-0.25, -0.2) is 0 Å². The van der Waals surface area contributed by atoms with Gasteiger partial charge in [-0.1, -0.05) is 49.2 Å². The molecule has 1 atom stereocenters. The molecule has 0 saturated heterocycles. The van der Waals surface area contributed by atoms with Gasteiger partial charge in [0.2, 0.25) is 0 Å². The number of nitrogens with zero attached hydrogens (tertiary/aromatic N) is 2. The summed E-state index contributed by atoms with van der Waals surface area (Å²) in [4.78, 5) is 1.44. The predicted octanol–water partition coefficient (Wildman–Crippen LogP) is 5.24. The molecule has 0 aliphatic carbocycles. The van der Waals surface area contributed by atoms with E-state index in [1.54, 1.807) is 25.1 Å². The molecule has 3 nitrogen and oxygen atoms in total. The molecule has 1 aliphatic heterocycles. The van der Waals surface area contributed by atoms with E-state index in [9.17, 15) is 18.4 Å². The van der Waals surface area contributed by atoms with Crippen LogP contribution < -0.4 is 5.73 Å². The van der Waals surface area contributed by atoms with Crippen LogP contribution in [0.5, 0.6) is 0 Å². The fraction of sp³-hybridized carbons (Fsp3) is 0.476. The Hall–Kier alpha value is -2.26. The summed E-state index contributed by atoms with van der Waals surface area (Å²) in [5.41, 5.74) is 8.90. The summed E-state index contributed by atoms with van der Waals surface area (Å²) in [6.45, 7) is 4.24. The summed E-state index contributed by atoms with van der Waals surface area (Å²) >= 11 is 0. The number of alkyl halides is 3. The third kappa shape index (κ3) is 5.14. The molecule has 2 rings (SSSR count). The average molecular weight is 377 g/mol. The van der Waals surface area contributed by atoms with Gasteiger partial charge in [-0.05, 0) is 37.3 Å². The fourth-order valence-electron chi connectivity index (χ4n) is 3.57. The standard InChI is InChI=1S/C21H26F3N3/c1-3-4-10-19(26)18(13-25)17-11-12-27(14-15(17)2)20(21(22,23)24)16-8-6-5-7-9-16/h5-9,20H,3-4,10-12,14,26H2,1-2H3/b19-18+. The normalized spacial score (nSPS) is 18.1. The first-order valence-electron chi connectivity index (χ1n) is 9.23. The summed E-state index contributed by atoms with van der Waals surface area (Å²) in [6.07, 6.45) is -1.49. The number of nitriles is 1. The maximum absolute atomic E-state index is 13.8. The summed E-state index contributed by atoms with van der Waals surface area (Å²) in [5.74, 6) is 0. The van der Waals surface area contributed by atoms with E-state index in [4.69, 9.17) is 5.73 Å². The van der Waals surface area contributed by atoms with Gasteiger partial charge >= 0.3 is 6.18 Å². The Labute approximate surface area is 159 Å². The van der Waals surface area contributed by atoms with Gasteiger partial charge in [-0.3, -0.25) is 4.90 Å². The van der Waals surface area contributed by atoms with E-state index in [1.807, 2.05) is 6.92 Å². The fourth-order valence-corrected chi connectivity index (χ4v) is 3.57. The molecule has 1 aliphatic rings. The zero-order valence-electron chi connectivity index (χ0n) is 15.8. The Bertz CT molecular complexity index is 742. The Morgan fingerprint density at radius 3 is 2.48 bits per heavy atom. The first-order valence-corrected chi connectivity index (χ1v) is 9.23. The quantitative estimate of drug-likeness (QED) is 0.690. The molecular weight excluding hydrogens is 351 g/mol. The summed E-state index contributed by atoms with van der Waals surface area (Å²) in [5, 5.41) is 9.53. The van der Waals surface area contributed by atoms with E-state index >= 15 is 0 Å². The van der Waals surface area contributed by atoms with Gasteiger partial charge in [0, 0.05) is 18.8 Å². The van der Waals surface area contributed by atoms with Gasteiger partial charge in [0.1, 0.15) is 12.1 Å². The number of benzene rings is 1. The lowest BCUT2D eigenvalue weighted by Crippen LogP contribution is -2.42. The highest BCUT2D eigenvalue weighted by Crippen LogP contribution is 2.40. The van der Waals surface area contributed by atoms with Crippen LogP contribution in [-0.4, -0.2) is 24.2 Å². The van der Waals surface area contributed by atoms with Gasteiger partial charge in [0.25, 0.3) is 0 Å². The van der Waals surface area contributed by atoms with Crippen molar-refractivity contribution in [3.05, 3.63) is 58.3 Å². The van der Waals surface area contributed by atoms with Gasteiger partial charge < -0.3 is 5.73 Å². The first-order chi connectivity index (χ1) is 12.8. The molecule has 6 heteroatoms. The van der Waals surface area contributed by atoms with Crippen molar-refractivity contribution in [1.29, 1.82) is 5.26 Å². The van der Waals surface area contributed by atoms with Crippen LogP contribution in [0, 0.1) is 11.3 Å². The SMILES string of the molecule is CCCC/C(N)=C(/C#N)C1=C(C)CN(C(c2ccccc2)C(F)(F)F)CC1. The van der Waals surface area contributed by atoms with Crippen LogP contribution in [0.15, 0.2) is 52.7 Å². The van der Waals surface area contributed by atoms with Crippen molar-refractivity contribution in [2.45, 2.75) is 51.7 Å². The van der Waals surface area contributed by atoms with Crippen molar-refractivity contribution < 1.29 is 13.2 Å². The molecule has 146 valence electrons. The van der Waals surface area contributed by atoms with E-state index in [0.29, 0.717) is 24.1 Å². The molecule has 1 aromatic carbocycles. The van der Waals surface area contributed by atoms with Crippen LogP contribution in [0.4, 0.5) is 13.2 Å². The smallest absolute Gasteiger partial charge is 0.401 e. The van der Waals surface area contributed by atoms with E-state index in [1.165, 1.54) is 17.0 Å². The minimum absolute atomic E-state index is 0.167. The van der Waals surface area contributed by atoms with Crippen molar-refractivity contribution in [3.8, 4) is 6.07 Å². The number of halogens is 3. The van der Waals surface area contributed by atoms with E-state index in [-0.39, 0.29) is 18.7 Å². The summed E-state index contributed by atoms with van der Waals surface area (Å²) < 4.78 is 41.3. The van der Waals surface area contributed by atoms with Crippen LogP contribution >= 0.6 is 0 Å². The number of unbranched alkanes of at least 4 members (excludes halogenated alkanes) is 1. The minimum atomic E-state index is -4.37. The second-order valence-corrected chi connectivity index (χ2v) is 6.95. The highest BCUT2D eigenvalue weighted by Gasteiger charge is 2.45. The lowest BCUT2D eigenvalue weighted by molar-refractivity contribution is -0.186. The molecule has 0 amide bonds. The topological polar surface area (TPSA) is 53.1 Å². The molecule has 2 N–H and O–H groups in total. The molecule has 0 spiro atoms. The zero-order chi connectivity index (χ0) is 20.0. The van der Waals surface area contributed by atoms with Crippen LogP contribution in [-0.2, 0) is 0 Å².